The number of benzene rings is 2. The first-order valence-corrected chi connectivity index (χ1v) is 11.4. The standard InChI is InChI=1S/C20H21ClFN3O4S/c1-24(30(2,28)29)16-4-3-5-17(11-16)25-7-6-18(20(25)27)19(26)23-12-13-8-14(21)10-15(22)9-13/h3-5,8-11,18H,6-7,12H2,1-2H3,(H,23,26). The van der Waals surface area contributed by atoms with E-state index >= 15 is 0 Å². The predicted octanol–water partition coefficient (Wildman–Crippen LogP) is 2.54. The molecule has 1 fully saturated rings. The van der Waals surface area contributed by atoms with Crippen molar-refractivity contribution in [2.24, 2.45) is 5.92 Å². The van der Waals surface area contributed by atoms with Crippen molar-refractivity contribution >= 4 is 44.8 Å². The summed E-state index contributed by atoms with van der Waals surface area (Å²) in [5, 5.41) is 2.87. The summed E-state index contributed by atoms with van der Waals surface area (Å²) in [7, 11) is -2.02. The third-order valence-electron chi connectivity index (χ3n) is 4.91. The molecule has 2 amide bonds. The van der Waals surface area contributed by atoms with Crippen LogP contribution in [0.15, 0.2) is 42.5 Å². The number of nitrogens with one attached hydrogen (secondary N) is 1. The second-order valence-electron chi connectivity index (χ2n) is 7.08. The fourth-order valence-corrected chi connectivity index (χ4v) is 3.99. The Morgan fingerprint density at radius 3 is 2.70 bits per heavy atom. The molecule has 3 rings (SSSR count). The summed E-state index contributed by atoms with van der Waals surface area (Å²) in [6.07, 6.45) is 1.41. The smallest absolute Gasteiger partial charge is 0.239 e. The summed E-state index contributed by atoms with van der Waals surface area (Å²) in [5.74, 6) is -2.20. The fourth-order valence-electron chi connectivity index (χ4n) is 3.25. The number of rotatable bonds is 6. The highest BCUT2D eigenvalue weighted by Crippen LogP contribution is 2.29. The van der Waals surface area contributed by atoms with E-state index < -0.39 is 27.7 Å². The van der Waals surface area contributed by atoms with Gasteiger partial charge in [0.25, 0.3) is 0 Å². The maximum atomic E-state index is 13.4. The molecular formula is C20H21ClFN3O4S. The van der Waals surface area contributed by atoms with Crippen LogP contribution in [-0.4, -0.2) is 40.1 Å². The third-order valence-corrected chi connectivity index (χ3v) is 6.34. The molecule has 0 radical (unpaired) electrons. The van der Waals surface area contributed by atoms with Crippen molar-refractivity contribution in [3.05, 3.63) is 58.9 Å². The summed E-state index contributed by atoms with van der Waals surface area (Å²) < 4.78 is 38.1. The van der Waals surface area contributed by atoms with Crippen LogP contribution in [0.4, 0.5) is 15.8 Å². The lowest BCUT2D eigenvalue weighted by Crippen LogP contribution is -2.36. The van der Waals surface area contributed by atoms with Gasteiger partial charge in [-0.25, -0.2) is 12.8 Å². The molecule has 1 saturated heterocycles. The zero-order valence-corrected chi connectivity index (χ0v) is 18.0. The first-order valence-electron chi connectivity index (χ1n) is 9.14. The van der Waals surface area contributed by atoms with Gasteiger partial charge >= 0.3 is 0 Å². The molecule has 0 aromatic heterocycles. The van der Waals surface area contributed by atoms with E-state index in [4.69, 9.17) is 11.6 Å². The van der Waals surface area contributed by atoms with Gasteiger partial charge in [-0.1, -0.05) is 17.7 Å². The second-order valence-corrected chi connectivity index (χ2v) is 9.53. The molecule has 160 valence electrons. The highest BCUT2D eigenvalue weighted by molar-refractivity contribution is 7.92. The number of anilines is 2. The third kappa shape index (κ3) is 4.91. The van der Waals surface area contributed by atoms with Crippen LogP contribution in [0.25, 0.3) is 0 Å². The van der Waals surface area contributed by atoms with Gasteiger partial charge in [0.1, 0.15) is 11.7 Å². The van der Waals surface area contributed by atoms with Gasteiger partial charge in [0, 0.05) is 30.8 Å². The van der Waals surface area contributed by atoms with Crippen molar-refractivity contribution < 1.29 is 22.4 Å². The SMILES string of the molecule is CN(c1cccc(N2CCC(C(=O)NCc3cc(F)cc(Cl)c3)C2=O)c1)S(C)(=O)=O. The average molecular weight is 454 g/mol. The number of sulfonamides is 1. The lowest BCUT2D eigenvalue weighted by molar-refractivity contribution is -0.132. The van der Waals surface area contributed by atoms with E-state index in [0.29, 0.717) is 29.9 Å². The van der Waals surface area contributed by atoms with E-state index in [9.17, 15) is 22.4 Å². The predicted molar refractivity (Wildman–Crippen MR) is 113 cm³/mol. The number of nitrogens with zero attached hydrogens (tertiary/aromatic N) is 2. The van der Waals surface area contributed by atoms with E-state index in [-0.39, 0.29) is 17.5 Å². The highest BCUT2D eigenvalue weighted by atomic mass is 35.5. The molecule has 0 bridgehead atoms. The number of carbonyl (C=O) groups excluding carboxylic acids is 2. The van der Waals surface area contributed by atoms with Crippen molar-refractivity contribution in [3.8, 4) is 0 Å². The number of amides is 2. The minimum atomic E-state index is -3.44. The molecule has 0 aliphatic carbocycles. The Bertz CT molecular complexity index is 1070. The lowest BCUT2D eigenvalue weighted by atomic mass is 10.1. The molecule has 1 atom stereocenters. The lowest BCUT2D eigenvalue weighted by Gasteiger charge is -2.21. The van der Waals surface area contributed by atoms with Gasteiger partial charge in [-0.2, -0.15) is 0 Å². The maximum Gasteiger partial charge on any atom is 0.239 e. The highest BCUT2D eigenvalue weighted by Gasteiger charge is 2.37. The van der Waals surface area contributed by atoms with Crippen LogP contribution >= 0.6 is 11.6 Å². The van der Waals surface area contributed by atoms with Gasteiger partial charge in [0.2, 0.25) is 21.8 Å². The van der Waals surface area contributed by atoms with Crippen molar-refractivity contribution in [1.82, 2.24) is 5.32 Å². The molecular weight excluding hydrogens is 433 g/mol. The summed E-state index contributed by atoms with van der Waals surface area (Å²) in [4.78, 5) is 26.8. The minimum absolute atomic E-state index is 0.0503. The molecule has 0 spiro atoms. The maximum absolute atomic E-state index is 13.4. The molecule has 30 heavy (non-hydrogen) atoms. The van der Waals surface area contributed by atoms with Gasteiger partial charge in [-0.05, 0) is 48.4 Å². The molecule has 1 aliphatic heterocycles. The summed E-state index contributed by atoms with van der Waals surface area (Å²) in [6.45, 7) is 0.378. The number of carbonyl (C=O) groups is 2. The summed E-state index contributed by atoms with van der Waals surface area (Å²) in [6, 6.07) is 10.5. The van der Waals surface area contributed by atoms with Crippen LogP contribution in [0.3, 0.4) is 0 Å². The normalized spacial score (nSPS) is 16.6. The molecule has 10 heteroatoms. The zero-order chi connectivity index (χ0) is 22.1. The van der Waals surface area contributed by atoms with Crippen LogP contribution in [0.1, 0.15) is 12.0 Å². The topological polar surface area (TPSA) is 86.8 Å². The van der Waals surface area contributed by atoms with E-state index in [1.807, 2.05) is 0 Å². The van der Waals surface area contributed by atoms with Crippen molar-refractivity contribution in [2.75, 3.05) is 29.1 Å². The summed E-state index contributed by atoms with van der Waals surface area (Å²) in [5.41, 5.74) is 1.42. The first-order chi connectivity index (χ1) is 14.1. The van der Waals surface area contributed by atoms with E-state index in [2.05, 4.69) is 5.32 Å². The van der Waals surface area contributed by atoms with Gasteiger partial charge in [-0.3, -0.25) is 13.9 Å². The fraction of sp³-hybridized carbons (Fsp3) is 0.300. The van der Waals surface area contributed by atoms with Gasteiger partial charge in [-0.15, -0.1) is 0 Å². The van der Waals surface area contributed by atoms with E-state index in [0.717, 1.165) is 10.6 Å². The second kappa shape index (κ2) is 8.61. The van der Waals surface area contributed by atoms with Crippen LogP contribution in [0.5, 0.6) is 0 Å². The number of hydrogen-bond acceptors (Lipinski definition) is 4. The van der Waals surface area contributed by atoms with Crippen LogP contribution in [-0.2, 0) is 26.2 Å². The minimum Gasteiger partial charge on any atom is -0.351 e. The number of hydrogen-bond donors (Lipinski definition) is 1. The molecule has 7 nitrogen and oxygen atoms in total. The molecule has 1 unspecified atom stereocenters. The molecule has 0 saturated carbocycles. The van der Waals surface area contributed by atoms with Gasteiger partial charge in [0.15, 0.2) is 0 Å². The quantitative estimate of drug-likeness (QED) is 0.681. The van der Waals surface area contributed by atoms with Gasteiger partial charge in [0.05, 0.1) is 11.9 Å². The Kier molecular flexibility index (Phi) is 6.33. The van der Waals surface area contributed by atoms with Crippen molar-refractivity contribution in [3.63, 3.8) is 0 Å². The molecule has 2 aromatic carbocycles. The Morgan fingerprint density at radius 2 is 2.03 bits per heavy atom. The average Bonchev–Trinajstić information content (AvgIpc) is 3.05. The van der Waals surface area contributed by atoms with Crippen LogP contribution in [0, 0.1) is 11.7 Å². The van der Waals surface area contributed by atoms with Crippen molar-refractivity contribution in [1.29, 1.82) is 0 Å². The molecule has 1 aliphatic rings. The first kappa shape index (κ1) is 22.0. The largest absolute Gasteiger partial charge is 0.351 e. The van der Waals surface area contributed by atoms with Crippen LogP contribution in [0.2, 0.25) is 5.02 Å². The summed E-state index contributed by atoms with van der Waals surface area (Å²) >= 11 is 5.81. The zero-order valence-electron chi connectivity index (χ0n) is 16.4. The van der Waals surface area contributed by atoms with Gasteiger partial charge < -0.3 is 10.2 Å². The monoisotopic (exact) mass is 453 g/mol. The number of halogens is 2. The Balaban J connectivity index is 1.69. The molecule has 1 heterocycles. The molecule has 2 aromatic rings. The van der Waals surface area contributed by atoms with E-state index in [1.165, 1.54) is 30.1 Å². The Labute approximate surface area is 179 Å². The molecule has 1 N–H and O–H groups in total. The Hall–Kier alpha value is -2.65. The van der Waals surface area contributed by atoms with E-state index in [1.54, 1.807) is 24.3 Å². The Morgan fingerprint density at radius 1 is 1.30 bits per heavy atom. The van der Waals surface area contributed by atoms with Crippen LogP contribution < -0.4 is 14.5 Å². The van der Waals surface area contributed by atoms with Crippen molar-refractivity contribution in [2.45, 2.75) is 13.0 Å².